The highest BCUT2D eigenvalue weighted by Gasteiger charge is 1.99. The van der Waals surface area contributed by atoms with Crippen LogP contribution in [-0.2, 0) is 4.79 Å². The summed E-state index contributed by atoms with van der Waals surface area (Å²) < 4.78 is 0. The average Bonchev–Trinajstić information content (AvgIpc) is 2.12. The lowest BCUT2D eigenvalue weighted by Gasteiger charge is -2.04. The minimum atomic E-state index is -0.210. The highest BCUT2D eigenvalue weighted by molar-refractivity contribution is 5.91. The van der Waals surface area contributed by atoms with Crippen LogP contribution in [0.15, 0.2) is 24.3 Å². The first-order valence-electron chi connectivity index (χ1n) is 4.99. The number of phenolic OH excluding ortho intramolecular Hbond substituents is 2. The predicted molar refractivity (Wildman–Crippen MR) is 62.1 cm³/mol. The van der Waals surface area contributed by atoms with Gasteiger partial charge >= 0.3 is 0 Å². The number of rotatable bonds is 3. The molecule has 1 rings (SSSR count). The van der Waals surface area contributed by atoms with E-state index < -0.39 is 0 Å². The number of carbonyl (C=O) groups is 1. The summed E-state index contributed by atoms with van der Waals surface area (Å²) in [5.74, 6) is -0.286. The van der Waals surface area contributed by atoms with E-state index in [9.17, 15) is 15.0 Å². The molecule has 3 N–H and O–H groups in total. The lowest BCUT2D eigenvalue weighted by Crippen LogP contribution is -2.28. The fraction of sp³-hybridized carbons (Fsp3) is 0.250. The molecule has 0 bridgehead atoms. The van der Waals surface area contributed by atoms with Crippen LogP contribution in [0.3, 0.4) is 0 Å². The topological polar surface area (TPSA) is 69.6 Å². The molecule has 0 radical (unpaired) electrons. The number of nitrogens with one attached hydrogen (secondary N) is 1. The number of amides is 1. The summed E-state index contributed by atoms with van der Waals surface area (Å²) in [6, 6.07) is 4.22. The quantitative estimate of drug-likeness (QED) is 0.679. The van der Waals surface area contributed by atoms with Crippen LogP contribution in [0.2, 0.25) is 0 Å². The molecule has 4 nitrogen and oxygen atoms in total. The normalized spacial score (nSPS) is 10.9. The van der Waals surface area contributed by atoms with Gasteiger partial charge in [0.05, 0.1) is 0 Å². The van der Waals surface area contributed by atoms with E-state index in [0.717, 1.165) is 0 Å². The SMILES string of the molecule is CC(C)NC(=O)C=Cc1cc(O)cc(O)c1. The van der Waals surface area contributed by atoms with E-state index in [2.05, 4.69) is 5.32 Å². The highest BCUT2D eigenvalue weighted by atomic mass is 16.3. The Bertz CT molecular complexity index is 390. The van der Waals surface area contributed by atoms with Crippen molar-refractivity contribution in [1.29, 1.82) is 0 Å². The van der Waals surface area contributed by atoms with Crippen molar-refractivity contribution >= 4 is 12.0 Å². The van der Waals surface area contributed by atoms with Crippen molar-refractivity contribution in [3.8, 4) is 11.5 Å². The highest BCUT2D eigenvalue weighted by Crippen LogP contribution is 2.20. The van der Waals surface area contributed by atoms with Gasteiger partial charge in [-0.3, -0.25) is 4.79 Å². The van der Waals surface area contributed by atoms with Crippen LogP contribution in [0.1, 0.15) is 19.4 Å². The zero-order valence-corrected chi connectivity index (χ0v) is 9.27. The average molecular weight is 221 g/mol. The van der Waals surface area contributed by atoms with Crippen molar-refractivity contribution in [2.75, 3.05) is 0 Å². The summed E-state index contributed by atoms with van der Waals surface area (Å²) in [4.78, 5) is 11.3. The fourth-order valence-electron chi connectivity index (χ4n) is 1.22. The van der Waals surface area contributed by atoms with Crippen LogP contribution < -0.4 is 5.32 Å². The maximum Gasteiger partial charge on any atom is 0.244 e. The number of hydrogen-bond acceptors (Lipinski definition) is 3. The maximum atomic E-state index is 11.3. The van der Waals surface area contributed by atoms with Crippen molar-refractivity contribution in [3.05, 3.63) is 29.8 Å². The summed E-state index contributed by atoms with van der Waals surface area (Å²) in [5.41, 5.74) is 0.566. The van der Waals surface area contributed by atoms with Gasteiger partial charge in [0.1, 0.15) is 11.5 Å². The Hall–Kier alpha value is -1.97. The summed E-state index contributed by atoms with van der Waals surface area (Å²) in [5, 5.41) is 21.1. The van der Waals surface area contributed by atoms with Crippen LogP contribution in [0.5, 0.6) is 11.5 Å². The molecule has 1 amide bonds. The van der Waals surface area contributed by atoms with Crippen molar-refractivity contribution in [2.24, 2.45) is 0 Å². The Morgan fingerprint density at radius 2 is 1.81 bits per heavy atom. The van der Waals surface area contributed by atoms with Gasteiger partial charge in [0, 0.05) is 18.2 Å². The minimum Gasteiger partial charge on any atom is -0.508 e. The molecule has 0 aliphatic rings. The summed E-state index contributed by atoms with van der Waals surface area (Å²) in [7, 11) is 0. The fourth-order valence-corrected chi connectivity index (χ4v) is 1.22. The van der Waals surface area contributed by atoms with Gasteiger partial charge in [0.15, 0.2) is 0 Å². The van der Waals surface area contributed by atoms with Gasteiger partial charge in [-0.05, 0) is 37.6 Å². The van der Waals surface area contributed by atoms with Gasteiger partial charge in [-0.25, -0.2) is 0 Å². The molecule has 1 aromatic carbocycles. The Morgan fingerprint density at radius 3 is 2.31 bits per heavy atom. The second-order valence-electron chi connectivity index (χ2n) is 3.78. The smallest absolute Gasteiger partial charge is 0.244 e. The predicted octanol–water partition coefficient (Wildman–Crippen LogP) is 1.64. The lowest BCUT2D eigenvalue weighted by atomic mass is 10.2. The second kappa shape index (κ2) is 5.21. The van der Waals surface area contributed by atoms with Crippen molar-refractivity contribution in [1.82, 2.24) is 5.32 Å². The first kappa shape index (κ1) is 12.1. The van der Waals surface area contributed by atoms with Crippen molar-refractivity contribution in [2.45, 2.75) is 19.9 Å². The monoisotopic (exact) mass is 221 g/mol. The summed E-state index contributed by atoms with van der Waals surface area (Å²) in [6.45, 7) is 3.73. The molecular formula is C12H15NO3. The molecule has 16 heavy (non-hydrogen) atoms. The Morgan fingerprint density at radius 1 is 1.25 bits per heavy atom. The van der Waals surface area contributed by atoms with Crippen LogP contribution in [0.4, 0.5) is 0 Å². The molecule has 0 aliphatic carbocycles. The first-order valence-corrected chi connectivity index (χ1v) is 4.99. The van der Waals surface area contributed by atoms with Gasteiger partial charge in [-0.1, -0.05) is 0 Å². The van der Waals surface area contributed by atoms with Gasteiger partial charge in [0.25, 0.3) is 0 Å². The maximum absolute atomic E-state index is 11.3. The third-order valence-corrected chi connectivity index (χ3v) is 1.78. The summed E-state index contributed by atoms with van der Waals surface area (Å²) >= 11 is 0. The van der Waals surface area contributed by atoms with Gasteiger partial charge in [-0.15, -0.1) is 0 Å². The molecule has 0 fully saturated rings. The Balaban J connectivity index is 2.72. The van der Waals surface area contributed by atoms with E-state index in [4.69, 9.17) is 0 Å². The minimum absolute atomic E-state index is 0.0380. The zero-order chi connectivity index (χ0) is 12.1. The molecule has 0 aromatic heterocycles. The van der Waals surface area contributed by atoms with E-state index in [0.29, 0.717) is 5.56 Å². The Labute approximate surface area is 94.2 Å². The van der Waals surface area contributed by atoms with Crippen molar-refractivity contribution in [3.63, 3.8) is 0 Å². The van der Waals surface area contributed by atoms with E-state index in [-0.39, 0.29) is 23.4 Å². The van der Waals surface area contributed by atoms with E-state index in [1.54, 1.807) is 0 Å². The zero-order valence-electron chi connectivity index (χ0n) is 9.27. The molecule has 0 spiro atoms. The number of benzene rings is 1. The molecule has 0 saturated carbocycles. The molecule has 86 valence electrons. The summed E-state index contributed by atoms with van der Waals surface area (Å²) in [6.07, 6.45) is 2.88. The molecule has 0 unspecified atom stereocenters. The molecule has 0 saturated heterocycles. The first-order chi connectivity index (χ1) is 7.47. The van der Waals surface area contributed by atoms with Crippen LogP contribution in [0, 0.1) is 0 Å². The molecule has 4 heteroatoms. The van der Waals surface area contributed by atoms with E-state index in [1.165, 1.54) is 30.4 Å². The number of phenols is 2. The third-order valence-electron chi connectivity index (χ3n) is 1.78. The van der Waals surface area contributed by atoms with E-state index >= 15 is 0 Å². The molecule has 1 aromatic rings. The molecule has 0 aliphatic heterocycles. The van der Waals surface area contributed by atoms with Gasteiger partial charge in [0.2, 0.25) is 5.91 Å². The number of aromatic hydroxyl groups is 2. The number of carbonyl (C=O) groups excluding carboxylic acids is 1. The molecular weight excluding hydrogens is 206 g/mol. The van der Waals surface area contributed by atoms with Gasteiger partial charge in [-0.2, -0.15) is 0 Å². The van der Waals surface area contributed by atoms with Gasteiger partial charge < -0.3 is 15.5 Å². The third kappa shape index (κ3) is 4.04. The van der Waals surface area contributed by atoms with Crippen LogP contribution in [-0.4, -0.2) is 22.2 Å². The largest absolute Gasteiger partial charge is 0.508 e. The molecule has 0 heterocycles. The van der Waals surface area contributed by atoms with Crippen LogP contribution in [0.25, 0.3) is 6.08 Å². The van der Waals surface area contributed by atoms with Crippen LogP contribution >= 0.6 is 0 Å². The van der Waals surface area contributed by atoms with E-state index in [1.807, 2.05) is 13.8 Å². The Kier molecular flexibility index (Phi) is 3.94. The lowest BCUT2D eigenvalue weighted by molar-refractivity contribution is -0.116. The van der Waals surface area contributed by atoms with Crippen molar-refractivity contribution < 1.29 is 15.0 Å². The second-order valence-corrected chi connectivity index (χ2v) is 3.78. The number of hydrogen-bond donors (Lipinski definition) is 3. The standard InChI is InChI=1S/C12H15NO3/c1-8(2)13-12(16)4-3-9-5-10(14)7-11(15)6-9/h3-8,14-15H,1-2H3,(H,13,16). The molecule has 0 atom stereocenters.